The minimum atomic E-state index is -0.201. The summed E-state index contributed by atoms with van der Waals surface area (Å²) in [7, 11) is 4.68. The van der Waals surface area contributed by atoms with E-state index >= 15 is 0 Å². The number of carbonyl (C=O) groups is 1. The lowest BCUT2D eigenvalue weighted by molar-refractivity contribution is -0.113. The highest BCUT2D eigenvalue weighted by Crippen LogP contribution is 2.41. The molecule has 0 saturated heterocycles. The molecule has 11 heteroatoms. The van der Waals surface area contributed by atoms with E-state index in [2.05, 4.69) is 30.8 Å². The molecule has 0 spiro atoms. The van der Waals surface area contributed by atoms with Crippen molar-refractivity contribution in [2.45, 2.75) is 12.1 Å². The number of aryl methyl sites for hydroxylation is 1. The van der Waals surface area contributed by atoms with Crippen LogP contribution in [0.1, 0.15) is 5.69 Å². The first kappa shape index (κ1) is 23.2. The molecule has 2 aromatic carbocycles. The average Bonchev–Trinajstić information content (AvgIpc) is 3.26. The van der Waals surface area contributed by atoms with Gasteiger partial charge in [0.05, 0.1) is 32.6 Å². The first-order valence-electron chi connectivity index (χ1n) is 10.3. The molecule has 176 valence electrons. The summed E-state index contributed by atoms with van der Waals surface area (Å²) in [5, 5.41) is 14.2. The van der Waals surface area contributed by atoms with Crippen LogP contribution in [0.15, 0.2) is 47.6 Å². The van der Waals surface area contributed by atoms with Crippen LogP contribution in [0.25, 0.3) is 10.9 Å². The van der Waals surface area contributed by atoms with Gasteiger partial charge in [-0.05, 0) is 19.1 Å². The van der Waals surface area contributed by atoms with Crippen molar-refractivity contribution in [3.63, 3.8) is 0 Å². The quantitative estimate of drug-likeness (QED) is 0.239. The van der Waals surface area contributed by atoms with E-state index in [1.165, 1.54) is 11.8 Å². The van der Waals surface area contributed by atoms with Crippen LogP contribution >= 0.6 is 11.8 Å². The van der Waals surface area contributed by atoms with Gasteiger partial charge in [0.25, 0.3) is 0 Å². The first-order valence-corrected chi connectivity index (χ1v) is 11.3. The number of nitrogens with zero attached hydrogens (tertiary/aromatic N) is 3. The number of carbonyl (C=O) groups excluding carboxylic acids is 1. The highest BCUT2D eigenvalue weighted by molar-refractivity contribution is 7.99. The lowest BCUT2D eigenvalue weighted by Crippen LogP contribution is -2.14. The predicted octanol–water partition coefficient (Wildman–Crippen LogP) is 4.16. The molecule has 0 atom stereocenters. The van der Waals surface area contributed by atoms with Crippen molar-refractivity contribution < 1.29 is 19.0 Å². The van der Waals surface area contributed by atoms with E-state index in [1.807, 2.05) is 31.2 Å². The van der Waals surface area contributed by atoms with E-state index in [0.717, 1.165) is 16.6 Å². The summed E-state index contributed by atoms with van der Waals surface area (Å²) in [6.07, 6.45) is 0. The van der Waals surface area contributed by atoms with Crippen LogP contribution in [0.4, 0.5) is 17.3 Å². The van der Waals surface area contributed by atoms with Crippen LogP contribution in [0, 0.1) is 6.92 Å². The molecule has 1 amide bonds. The van der Waals surface area contributed by atoms with Crippen LogP contribution in [-0.2, 0) is 4.79 Å². The van der Waals surface area contributed by atoms with Gasteiger partial charge in [0.1, 0.15) is 5.82 Å². The lowest BCUT2D eigenvalue weighted by Gasteiger charge is -2.16. The summed E-state index contributed by atoms with van der Waals surface area (Å²) >= 11 is 1.23. The second-order valence-corrected chi connectivity index (χ2v) is 8.13. The summed E-state index contributed by atoms with van der Waals surface area (Å²) in [5.41, 5.74) is 2.31. The average molecular weight is 481 g/mol. The number of amides is 1. The monoisotopic (exact) mass is 480 g/mol. The molecule has 2 heterocycles. The number of aromatic amines is 1. The normalized spacial score (nSPS) is 10.7. The fourth-order valence-corrected chi connectivity index (χ4v) is 3.95. The van der Waals surface area contributed by atoms with Gasteiger partial charge in [0, 0.05) is 35.0 Å². The molecule has 0 saturated carbocycles. The fourth-order valence-electron chi connectivity index (χ4n) is 3.30. The Labute approximate surface area is 200 Å². The number of thioether (sulfide) groups is 1. The van der Waals surface area contributed by atoms with Crippen LogP contribution < -0.4 is 24.8 Å². The molecule has 4 aromatic rings. The fraction of sp³-hybridized carbons (Fsp3) is 0.217. The van der Waals surface area contributed by atoms with Gasteiger partial charge in [-0.1, -0.05) is 23.9 Å². The molecule has 0 aliphatic carbocycles. The minimum absolute atomic E-state index is 0.133. The maximum atomic E-state index is 12.3. The molecular formula is C23H24N6O4S. The molecule has 0 fully saturated rings. The number of fused-ring (bicyclic) bond motifs is 1. The van der Waals surface area contributed by atoms with Crippen molar-refractivity contribution in [1.29, 1.82) is 0 Å². The summed E-state index contributed by atoms with van der Waals surface area (Å²) in [6, 6.07) is 13.0. The van der Waals surface area contributed by atoms with Crippen molar-refractivity contribution in [3.05, 3.63) is 48.2 Å². The molecule has 10 nitrogen and oxygen atoms in total. The minimum Gasteiger partial charge on any atom is -0.493 e. The van der Waals surface area contributed by atoms with Gasteiger partial charge in [0.2, 0.25) is 11.7 Å². The number of H-pyrrole nitrogens is 1. The van der Waals surface area contributed by atoms with Gasteiger partial charge in [-0.2, -0.15) is 5.10 Å². The Bertz CT molecular complexity index is 1300. The zero-order valence-electron chi connectivity index (χ0n) is 19.1. The number of para-hydroxylation sites is 1. The Kier molecular flexibility index (Phi) is 7.02. The van der Waals surface area contributed by atoms with Crippen molar-refractivity contribution in [2.24, 2.45) is 0 Å². The Morgan fingerprint density at radius 2 is 1.76 bits per heavy atom. The van der Waals surface area contributed by atoms with Gasteiger partial charge >= 0.3 is 0 Å². The smallest absolute Gasteiger partial charge is 0.236 e. The Morgan fingerprint density at radius 1 is 1.03 bits per heavy atom. The van der Waals surface area contributed by atoms with Crippen LogP contribution in [0.5, 0.6) is 17.2 Å². The second kappa shape index (κ2) is 10.3. The molecule has 0 aliphatic heterocycles. The van der Waals surface area contributed by atoms with Crippen LogP contribution in [0.3, 0.4) is 0 Å². The molecule has 0 aliphatic rings. The summed E-state index contributed by atoms with van der Waals surface area (Å²) in [4.78, 5) is 21.6. The van der Waals surface area contributed by atoms with Gasteiger partial charge in [0.15, 0.2) is 22.5 Å². The van der Waals surface area contributed by atoms with E-state index in [0.29, 0.717) is 39.7 Å². The lowest BCUT2D eigenvalue weighted by atomic mass is 10.2. The van der Waals surface area contributed by atoms with Gasteiger partial charge in [-0.25, -0.2) is 9.97 Å². The van der Waals surface area contributed by atoms with E-state index in [9.17, 15) is 4.79 Å². The predicted molar refractivity (Wildman–Crippen MR) is 132 cm³/mol. The van der Waals surface area contributed by atoms with Crippen LogP contribution in [0.2, 0.25) is 0 Å². The third kappa shape index (κ3) is 5.15. The number of hydrogen-bond acceptors (Lipinski definition) is 9. The number of rotatable bonds is 9. The Morgan fingerprint density at radius 3 is 2.41 bits per heavy atom. The highest BCUT2D eigenvalue weighted by Gasteiger charge is 2.16. The van der Waals surface area contributed by atoms with Crippen LogP contribution in [-0.4, -0.2) is 53.2 Å². The second-order valence-electron chi connectivity index (χ2n) is 7.18. The zero-order valence-corrected chi connectivity index (χ0v) is 19.9. The Hall–Kier alpha value is -3.99. The Balaban J connectivity index is 1.60. The summed E-state index contributed by atoms with van der Waals surface area (Å²) < 4.78 is 16.3. The third-order valence-corrected chi connectivity index (χ3v) is 5.66. The van der Waals surface area contributed by atoms with E-state index in [4.69, 9.17) is 14.2 Å². The number of hydrogen-bond donors (Lipinski definition) is 3. The maximum absolute atomic E-state index is 12.3. The number of benzene rings is 2. The SMILES string of the molecule is COc1cc(Nc2nc(SCC(=O)Nc3cc(C)[nH]n3)nc3ccccc23)cc(OC)c1OC. The van der Waals surface area contributed by atoms with E-state index in [1.54, 1.807) is 39.5 Å². The van der Waals surface area contributed by atoms with Crippen molar-refractivity contribution >= 4 is 45.9 Å². The number of anilines is 3. The molecule has 4 rings (SSSR count). The van der Waals surface area contributed by atoms with Crippen molar-refractivity contribution in [2.75, 3.05) is 37.7 Å². The molecule has 34 heavy (non-hydrogen) atoms. The molecule has 0 unspecified atom stereocenters. The van der Waals surface area contributed by atoms with Gasteiger partial charge in [-0.3, -0.25) is 9.89 Å². The standard InChI is InChI=1S/C23H24N6O4S/c1-13-9-19(29-28-13)26-20(30)12-34-23-25-16-8-6-5-7-15(16)22(27-23)24-14-10-17(31-2)21(33-4)18(11-14)32-3/h5-11H,12H2,1-4H3,(H,24,25,27)(H2,26,28,29,30). The third-order valence-electron chi connectivity index (χ3n) is 4.82. The number of nitrogens with one attached hydrogen (secondary N) is 3. The molecule has 0 radical (unpaired) electrons. The molecular weight excluding hydrogens is 456 g/mol. The topological polar surface area (TPSA) is 123 Å². The van der Waals surface area contributed by atoms with Crippen molar-refractivity contribution in [1.82, 2.24) is 20.2 Å². The van der Waals surface area contributed by atoms with Gasteiger partial charge in [-0.15, -0.1) is 0 Å². The molecule has 2 aromatic heterocycles. The number of ether oxygens (including phenoxy) is 3. The number of aromatic nitrogens is 4. The highest BCUT2D eigenvalue weighted by atomic mass is 32.2. The van der Waals surface area contributed by atoms with Gasteiger partial charge < -0.3 is 24.8 Å². The number of methoxy groups -OCH3 is 3. The largest absolute Gasteiger partial charge is 0.493 e. The molecule has 0 bridgehead atoms. The summed E-state index contributed by atoms with van der Waals surface area (Å²) in [5.74, 6) is 2.53. The van der Waals surface area contributed by atoms with E-state index < -0.39 is 0 Å². The van der Waals surface area contributed by atoms with Crippen molar-refractivity contribution in [3.8, 4) is 17.2 Å². The molecule has 3 N–H and O–H groups in total. The summed E-state index contributed by atoms with van der Waals surface area (Å²) in [6.45, 7) is 1.86. The maximum Gasteiger partial charge on any atom is 0.236 e. The van der Waals surface area contributed by atoms with E-state index in [-0.39, 0.29) is 11.7 Å². The zero-order chi connectivity index (χ0) is 24.1. The first-order chi connectivity index (χ1) is 16.5.